The fourth-order valence-corrected chi connectivity index (χ4v) is 4.39. The van der Waals surface area contributed by atoms with Crippen molar-refractivity contribution in [2.75, 3.05) is 19.8 Å². The number of aryl methyl sites for hydroxylation is 1. The summed E-state index contributed by atoms with van der Waals surface area (Å²) in [4.78, 5) is 26.9. The van der Waals surface area contributed by atoms with Crippen molar-refractivity contribution in [3.05, 3.63) is 35.3 Å². The topological polar surface area (TPSA) is 86.0 Å². The van der Waals surface area contributed by atoms with E-state index in [0.29, 0.717) is 30.3 Å². The Morgan fingerprint density at radius 3 is 3.04 bits per heavy atom. The van der Waals surface area contributed by atoms with Crippen LogP contribution in [0.15, 0.2) is 30.5 Å². The van der Waals surface area contributed by atoms with Crippen LogP contribution in [0.5, 0.6) is 0 Å². The highest BCUT2D eigenvalue weighted by Crippen LogP contribution is 2.29. The number of hydrogen-bond acceptors (Lipinski definition) is 7. The molecular weight excluding hydrogens is 376 g/mol. The van der Waals surface area contributed by atoms with Crippen LogP contribution in [0.1, 0.15) is 16.6 Å². The van der Waals surface area contributed by atoms with Crippen LogP contribution in [0.4, 0.5) is 0 Å². The molecule has 142 valence electrons. The van der Waals surface area contributed by atoms with Crippen molar-refractivity contribution in [3.8, 4) is 11.3 Å². The lowest BCUT2D eigenvalue weighted by atomic mass is 10.1. The predicted molar refractivity (Wildman–Crippen MR) is 106 cm³/mol. The molecule has 0 saturated carbocycles. The van der Waals surface area contributed by atoms with Crippen LogP contribution >= 0.6 is 11.3 Å². The molecule has 0 spiro atoms. The van der Waals surface area contributed by atoms with E-state index < -0.39 is 0 Å². The third kappa shape index (κ3) is 2.92. The van der Waals surface area contributed by atoms with E-state index in [4.69, 9.17) is 9.72 Å². The first kappa shape index (κ1) is 17.2. The first-order valence-electron chi connectivity index (χ1n) is 9.05. The first-order valence-corrected chi connectivity index (χ1v) is 9.87. The summed E-state index contributed by atoms with van der Waals surface area (Å²) in [5, 5.41) is 9.47. The Bertz CT molecular complexity index is 1200. The lowest BCUT2D eigenvalue weighted by Gasteiger charge is -2.32. The van der Waals surface area contributed by atoms with Gasteiger partial charge in [-0.1, -0.05) is 0 Å². The molecule has 5 rings (SSSR count). The second-order valence-electron chi connectivity index (χ2n) is 6.88. The van der Waals surface area contributed by atoms with Crippen LogP contribution in [0, 0.1) is 0 Å². The molecule has 0 N–H and O–H groups in total. The molecule has 1 aliphatic heterocycles. The Balaban J connectivity index is 1.49. The molecule has 0 unspecified atom stereocenters. The summed E-state index contributed by atoms with van der Waals surface area (Å²) >= 11 is 1.42. The van der Waals surface area contributed by atoms with Crippen LogP contribution in [0.3, 0.4) is 0 Å². The van der Waals surface area contributed by atoms with Gasteiger partial charge in [-0.3, -0.25) is 4.79 Å². The van der Waals surface area contributed by atoms with Gasteiger partial charge in [0.05, 0.1) is 29.8 Å². The number of aromatic nitrogens is 5. The van der Waals surface area contributed by atoms with E-state index in [1.807, 2.05) is 36.1 Å². The van der Waals surface area contributed by atoms with Crippen molar-refractivity contribution in [2.24, 2.45) is 7.05 Å². The van der Waals surface area contributed by atoms with E-state index in [1.54, 1.807) is 13.2 Å². The molecule has 0 bridgehead atoms. The van der Waals surface area contributed by atoms with Gasteiger partial charge in [0, 0.05) is 30.7 Å². The van der Waals surface area contributed by atoms with Crippen LogP contribution in [0.2, 0.25) is 0 Å². The molecule has 1 aliphatic rings. The smallest absolute Gasteiger partial charge is 0.264 e. The van der Waals surface area contributed by atoms with Crippen LogP contribution in [-0.2, 0) is 11.8 Å². The van der Waals surface area contributed by atoms with E-state index >= 15 is 0 Å². The van der Waals surface area contributed by atoms with Crippen molar-refractivity contribution >= 4 is 38.6 Å². The molecule has 1 saturated heterocycles. The fourth-order valence-electron chi connectivity index (χ4n) is 3.41. The fraction of sp³-hybridized carbons (Fsp3) is 0.316. The van der Waals surface area contributed by atoms with Gasteiger partial charge in [0.15, 0.2) is 0 Å². The molecule has 4 aromatic rings. The zero-order chi connectivity index (χ0) is 19.3. The molecule has 1 fully saturated rings. The van der Waals surface area contributed by atoms with Crippen molar-refractivity contribution in [1.82, 2.24) is 29.9 Å². The van der Waals surface area contributed by atoms with Crippen LogP contribution in [-0.4, -0.2) is 61.6 Å². The number of carbonyl (C=O) groups excluding carboxylic acids is 1. The lowest BCUT2D eigenvalue weighted by Crippen LogP contribution is -2.46. The van der Waals surface area contributed by atoms with Gasteiger partial charge in [0.25, 0.3) is 5.91 Å². The van der Waals surface area contributed by atoms with Gasteiger partial charge in [-0.25, -0.2) is 9.97 Å². The van der Waals surface area contributed by atoms with Gasteiger partial charge in [0.2, 0.25) is 5.65 Å². The molecule has 9 heteroatoms. The summed E-state index contributed by atoms with van der Waals surface area (Å²) in [5.41, 5.74) is 3.01. The van der Waals surface area contributed by atoms with Gasteiger partial charge in [-0.2, -0.15) is 9.90 Å². The van der Waals surface area contributed by atoms with Gasteiger partial charge >= 0.3 is 0 Å². The summed E-state index contributed by atoms with van der Waals surface area (Å²) in [5.74, 6) is 0.0444. The Hall–Kier alpha value is -2.91. The Morgan fingerprint density at radius 2 is 2.18 bits per heavy atom. The number of hydrogen-bond donors (Lipinski definition) is 0. The Morgan fingerprint density at radius 1 is 1.29 bits per heavy atom. The molecule has 0 aliphatic carbocycles. The minimum Gasteiger partial charge on any atom is -0.377 e. The maximum Gasteiger partial charge on any atom is 0.264 e. The Kier molecular flexibility index (Phi) is 4.06. The molecule has 8 nitrogen and oxygen atoms in total. The van der Waals surface area contributed by atoms with E-state index in [0.717, 1.165) is 27.0 Å². The third-order valence-electron chi connectivity index (χ3n) is 4.86. The SMILES string of the molecule is C[C@H]1COCCN1C(=O)c1cc2ccc(-c3cnc4nn(C)nc4c3)nc2s1. The van der Waals surface area contributed by atoms with E-state index in [2.05, 4.69) is 15.2 Å². The summed E-state index contributed by atoms with van der Waals surface area (Å²) in [6, 6.07) is 7.87. The van der Waals surface area contributed by atoms with E-state index in [9.17, 15) is 4.79 Å². The maximum atomic E-state index is 12.9. The van der Waals surface area contributed by atoms with Crippen molar-refractivity contribution in [3.63, 3.8) is 0 Å². The number of morpholine rings is 1. The highest BCUT2D eigenvalue weighted by Gasteiger charge is 2.26. The van der Waals surface area contributed by atoms with Crippen molar-refractivity contribution < 1.29 is 9.53 Å². The zero-order valence-electron chi connectivity index (χ0n) is 15.5. The lowest BCUT2D eigenvalue weighted by molar-refractivity contribution is 0.00387. The van der Waals surface area contributed by atoms with Crippen LogP contribution in [0.25, 0.3) is 32.6 Å². The summed E-state index contributed by atoms with van der Waals surface area (Å²) in [6.07, 6.45) is 1.75. The highest BCUT2D eigenvalue weighted by atomic mass is 32.1. The van der Waals surface area contributed by atoms with Crippen LogP contribution < -0.4 is 0 Å². The number of pyridine rings is 2. The van der Waals surface area contributed by atoms with Gasteiger partial charge in [0.1, 0.15) is 10.3 Å². The minimum atomic E-state index is 0.0444. The number of fused-ring (bicyclic) bond motifs is 2. The maximum absolute atomic E-state index is 12.9. The zero-order valence-corrected chi connectivity index (χ0v) is 16.3. The quantitative estimate of drug-likeness (QED) is 0.519. The largest absolute Gasteiger partial charge is 0.377 e. The van der Waals surface area contributed by atoms with Gasteiger partial charge in [-0.05, 0) is 31.2 Å². The molecule has 0 radical (unpaired) electrons. The van der Waals surface area contributed by atoms with Crippen molar-refractivity contribution in [2.45, 2.75) is 13.0 Å². The number of carbonyl (C=O) groups is 1. The normalized spacial score (nSPS) is 17.5. The number of rotatable bonds is 2. The molecule has 5 heterocycles. The van der Waals surface area contributed by atoms with E-state index in [1.165, 1.54) is 16.1 Å². The minimum absolute atomic E-state index is 0.0444. The number of thiophene rings is 1. The monoisotopic (exact) mass is 394 g/mol. The number of nitrogens with zero attached hydrogens (tertiary/aromatic N) is 6. The molecule has 0 aromatic carbocycles. The standard InChI is InChI=1S/C19H18N6O2S/c1-11-10-27-6-5-25(11)19(26)16-8-12-3-4-14(21-18(12)28-16)13-7-15-17(20-9-13)23-24(2)22-15/h3-4,7-9,11H,5-6,10H2,1-2H3/t11-/m0/s1. The van der Waals surface area contributed by atoms with Gasteiger partial charge < -0.3 is 9.64 Å². The molecule has 4 aromatic heterocycles. The average molecular weight is 394 g/mol. The second kappa shape index (κ2) is 6.61. The molecule has 28 heavy (non-hydrogen) atoms. The summed E-state index contributed by atoms with van der Waals surface area (Å²) in [6.45, 7) is 3.80. The van der Waals surface area contributed by atoms with Gasteiger partial charge in [-0.15, -0.1) is 16.4 Å². The highest BCUT2D eigenvalue weighted by molar-refractivity contribution is 7.20. The molecule has 1 amide bonds. The van der Waals surface area contributed by atoms with Crippen molar-refractivity contribution in [1.29, 1.82) is 0 Å². The molecule has 1 atom stereocenters. The molecular formula is C19H18N6O2S. The summed E-state index contributed by atoms with van der Waals surface area (Å²) in [7, 11) is 1.77. The van der Waals surface area contributed by atoms with E-state index in [-0.39, 0.29) is 11.9 Å². The third-order valence-corrected chi connectivity index (χ3v) is 5.89. The first-order chi connectivity index (χ1) is 13.6. The Labute approximate surface area is 164 Å². The summed E-state index contributed by atoms with van der Waals surface area (Å²) < 4.78 is 5.43. The predicted octanol–water partition coefficient (Wildman–Crippen LogP) is 2.50. The number of ether oxygens (including phenoxy) is 1. The number of amides is 1. The average Bonchev–Trinajstić information content (AvgIpc) is 3.28. The second-order valence-corrected chi connectivity index (χ2v) is 7.91.